The summed E-state index contributed by atoms with van der Waals surface area (Å²) < 4.78 is 5.41. The summed E-state index contributed by atoms with van der Waals surface area (Å²) >= 11 is 0. The molecule has 0 bridgehead atoms. The smallest absolute Gasteiger partial charge is 0.123 e. The molecule has 0 aliphatic carbocycles. The second-order valence-corrected chi connectivity index (χ2v) is 4.57. The lowest BCUT2D eigenvalue weighted by atomic mass is 9.96. The maximum absolute atomic E-state index is 6.35. The molecule has 0 saturated heterocycles. The number of hydrogen-bond acceptors (Lipinski definition) is 3. The Morgan fingerprint density at radius 1 is 1.11 bits per heavy atom. The van der Waals surface area contributed by atoms with Gasteiger partial charge in [-0.1, -0.05) is 31.2 Å². The normalized spacial score (nSPS) is 12.2. The molecule has 3 nitrogen and oxygen atoms in total. The lowest BCUT2D eigenvalue weighted by molar-refractivity contribution is 0.407. The predicted octanol–water partition coefficient (Wildman–Crippen LogP) is 2.89. The van der Waals surface area contributed by atoms with Crippen LogP contribution in [0, 0.1) is 0 Å². The van der Waals surface area contributed by atoms with Crippen LogP contribution in [0.3, 0.4) is 0 Å². The third kappa shape index (κ3) is 2.88. The molecule has 4 N–H and O–H groups in total. The van der Waals surface area contributed by atoms with Gasteiger partial charge in [0.15, 0.2) is 0 Å². The van der Waals surface area contributed by atoms with Crippen molar-refractivity contribution in [3.63, 3.8) is 0 Å². The molecule has 0 aliphatic heterocycles. The summed E-state index contributed by atoms with van der Waals surface area (Å²) in [6.07, 6.45) is 0.978. The highest BCUT2D eigenvalue weighted by Gasteiger charge is 2.14. The van der Waals surface area contributed by atoms with E-state index in [-0.39, 0.29) is 6.04 Å². The standard InChI is InChI=1S/C16H20N2O/c1-3-11-4-9-15(19-2)14(10-11)16(18)12-5-7-13(17)8-6-12/h4-10,16H,3,17-18H2,1-2H3. The Hall–Kier alpha value is -2.00. The van der Waals surface area contributed by atoms with Crippen LogP contribution in [0.5, 0.6) is 5.75 Å². The minimum atomic E-state index is -0.206. The Labute approximate surface area is 114 Å². The summed E-state index contributed by atoms with van der Waals surface area (Å²) in [6, 6.07) is 13.6. The van der Waals surface area contributed by atoms with Crippen molar-refractivity contribution in [3.05, 3.63) is 59.2 Å². The van der Waals surface area contributed by atoms with E-state index < -0.39 is 0 Å². The Bertz CT molecular complexity index is 549. The SMILES string of the molecule is CCc1ccc(OC)c(C(N)c2ccc(N)cc2)c1. The summed E-state index contributed by atoms with van der Waals surface area (Å²) in [7, 11) is 1.67. The van der Waals surface area contributed by atoms with Gasteiger partial charge in [0.2, 0.25) is 0 Å². The fourth-order valence-corrected chi connectivity index (χ4v) is 2.13. The van der Waals surface area contributed by atoms with Gasteiger partial charge in [-0.25, -0.2) is 0 Å². The summed E-state index contributed by atoms with van der Waals surface area (Å²) in [6.45, 7) is 2.13. The molecule has 2 aromatic rings. The number of methoxy groups -OCH3 is 1. The van der Waals surface area contributed by atoms with Crippen LogP contribution in [0.15, 0.2) is 42.5 Å². The molecule has 19 heavy (non-hydrogen) atoms. The average Bonchev–Trinajstić information content (AvgIpc) is 2.46. The molecule has 2 aromatic carbocycles. The molecule has 0 radical (unpaired) electrons. The van der Waals surface area contributed by atoms with Crippen molar-refractivity contribution >= 4 is 5.69 Å². The zero-order valence-electron chi connectivity index (χ0n) is 11.4. The van der Waals surface area contributed by atoms with E-state index in [1.807, 2.05) is 30.3 Å². The van der Waals surface area contributed by atoms with E-state index >= 15 is 0 Å². The zero-order valence-corrected chi connectivity index (χ0v) is 11.4. The summed E-state index contributed by atoms with van der Waals surface area (Å²) in [5.74, 6) is 0.821. The lowest BCUT2D eigenvalue weighted by Crippen LogP contribution is -2.13. The first kappa shape index (κ1) is 13.4. The predicted molar refractivity (Wildman–Crippen MR) is 79.3 cm³/mol. The van der Waals surface area contributed by atoms with Crippen molar-refractivity contribution in [1.82, 2.24) is 0 Å². The molecule has 0 amide bonds. The van der Waals surface area contributed by atoms with Crippen LogP contribution in [0.4, 0.5) is 5.69 Å². The van der Waals surface area contributed by atoms with Crippen LogP contribution >= 0.6 is 0 Å². The van der Waals surface area contributed by atoms with Gasteiger partial charge in [0.1, 0.15) is 5.75 Å². The summed E-state index contributed by atoms with van der Waals surface area (Å²) in [4.78, 5) is 0. The molecule has 3 heteroatoms. The van der Waals surface area contributed by atoms with E-state index in [1.54, 1.807) is 7.11 Å². The van der Waals surface area contributed by atoms with Gasteiger partial charge >= 0.3 is 0 Å². The summed E-state index contributed by atoms with van der Waals surface area (Å²) in [5, 5.41) is 0. The van der Waals surface area contributed by atoms with Gasteiger partial charge in [0.05, 0.1) is 13.2 Å². The van der Waals surface area contributed by atoms with Crippen LogP contribution in [0.25, 0.3) is 0 Å². The van der Waals surface area contributed by atoms with Crippen molar-refractivity contribution in [2.75, 3.05) is 12.8 Å². The molecule has 0 spiro atoms. The molecule has 0 fully saturated rings. The van der Waals surface area contributed by atoms with E-state index in [9.17, 15) is 0 Å². The van der Waals surface area contributed by atoms with E-state index in [2.05, 4.69) is 19.1 Å². The number of aryl methyl sites for hydroxylation is 1. The number of anilines is 1. The van der Waals surface area contributed by atoms with E-state index in [4.69, 9.17) is 16.2 Å². The fraction of sp³-hybridized carbons (Fsp3) is 0.250. The highest BCUT2D eigenvalue weighted by atomic mass is 16.5. The van der Waals surface area contributed by atoms with Crippen LogP contribution < -0.4 is 16.2 Å². The monoisotopic (exact) mass is 256 g/mol. The zero-order chi connectivity index (χ0) is 13.8. The van der Waals surface area contributed by atoms with Crippen molar-refractivity contribution in [2.45, 2.75) is 19.4 Å². The van der Waals surface area contributed by atoms with Gasteiger partial charge < -0.3 is 16.2 Å². The van der Waals surface area contributed by atoms with Crippen molar-refractivity contribution < 1.29 is 4.74 Å². The second-order valence-electron chi connectivity index (χ2n) is 4.57. The van der Waals surface area contributed by atoms with Crippen molar-refractivity contribution in [3.8, 4) is 5.75 Å². The quantitative estimate of drug-likeness (QED) is 0.827. The molecule has 1 atom stereocenters. The number of nitrogens with two attached hydrogens (primary N) is 2. The third-order valence-corrected chi connectivity index (χ3v) is 3.33. The maximum Gasteiger partial charge on any atom is 0.123 e. The van der Waals surface area contributed by atoms with E-state index in [0.29, 0.717) is 0 Å². The fourth-order valence-electron chi connectivity index (χ4n) is 2.13. The molecule has 0 saturated carbocycles. The average molecular weight is 256 g/mol. The van der Waals surface area contributed by atoms with E-state index in [1.165, 1.54) is 5.56 Å². The highest BCUT2D eigenvalue weighted by Crippen LogP contribution is 2.29. The minimum Gasteiger partial charge on any atom is -0.496 e. The van der Waals surface area contributed by atoms with Crippen LogP contribution in [-0.2, 0) is 6.42 Å². The number of benzene rings is 2. The van der Waals surface area contributed by atoms with Crippen LogP contribution in [0.1, 0.15) is 29.7 Å². The van der Waals surface area contributed by atoms with Crippen molar-refractivity contribution in [1.29, 1.82) is 0 Å². The first-order chi connectivity index (χ1) is 9.15. The molecule has 1 unspecified atom stereocenters. The largest absolute Gasteiger partial charge is 0.496 e. The van der Waals surface area contributed by atoms with Crippen LogP contribution in [-0.4, -0.2) is 7.11 Å². The molecular weight excluding hydrogens is 236 g/mol. The molecular formula is C16H20N2O. The van der Waals surface area contributed by atoms with Gasteiger partial charge in [0, 0.05) is 11.3 Å². The Morgan fingerprint density at radius 3 is 2.37 bits per heavy atom. The van der Waals surface area contributed by atoms with Gasteiger partial charge in [-0.05, 0) is 35.7 Å². The number of nitrogen functional groups attached to an aromatic ring is 1. The first-order valence-corrected chi connectivity index (χ1v) is 6.43. The Balaban J connectivity index is 2.41. The molecule has 0 heterocycles. The maximum atomic E-state index is 6.35. The summed E-state index contributed by atoms with van der Waals surface area (Å²) in [5.41, 5.74) is 16.1. The molecule has 100 valence electrons. The molecule has 2 rings (SSSR count). The number of ether oxygens (including phenoxy) is 1. The minimum absolute atomic E-state index is 0.206. The number of rotatable bonds is 4. The third-order valence-electron chi connectivity index (χ3n) is 3.33. The lowest BCUT2D eigenvalue weighted by Gasteiger charge is -2.17. The topological polar surface area (TPSA) is 61.3 Å². The van der Waals surface area contributed by atoms with Gasteiger partial charge in [-0.15, -0.1) is 0 Å². The van der Waals surface area contributed by atoms with Crippen LogP contribution in [0.2, 0.25) is 0 Å². The first-order valence-electron chi connectivity index (χ1n) is 6.43. The van der Waals surface area contributed by atoms with Gasteiger partial charge in [-0.2, -0.15) is 0 Å². The van der Waals surface area contributed by atoms with Gasteiger partial charge in [-0.3, -0.25) is 0 Å². The highest BCUT2D eigenvalue weighted by molar-refractivity contribution is 5.46. The molecule has 0 aliphatic rings. The van der Waals surface area contributed by atoms with Gasteiger partial charge in [0.25, 0.3) is 0 Å². The number of hydrogen-bond donors (Lipinski definition) is 2. The molecule has 0 aromatic heterocycles. The van der Waals surface area contributed by atoms with Crippen molar-refractivity contribution in [2.24, 2.45) is 5.73 Å². The second kappa shape index (κ2) is 5.76. The Kier molecular flexibility index (Phi) is 4.07. The Morgan fingerprint density at radius 2 is 1.79 bits per heavy atom. The van der Waals surface area contributed by atoms with E-state index in [0.717, 1.165) is 29.0 Å².